The zero-order valence-corrected chi connectivity index (χ0v) is 18.1. The van der Waals surface area contributed by atoms with Gasteiger partial charge in [-0.2, -0.15) is 0 Å². The molecular formula is C25H29FN2O3. The molecular weight excluding hydrogens is 395 g/mol. The zero-order valence-electron chi connectivity index (χ0n) is 18.1. The molecule has 164 valence electrons. The Morgan fingerprint density at radius 3 is 2.35 bits per heavy atom. The number of carbonyl (C=O) groups excluding carboxylic acids is 2. The number of carbonyl (C=O) groups is 2. The van der Waals surface area contributed by atoms with Crippen LogP contribution in [0.15, 0.2) is 48.5 Å². The Morgan fingerprint density at radius 2 is 1.71 bits per heavy atom. The van der Waals surface area contributed by atoms with E-state index in [0.717, 1.165) is 36.8 Å². The van der Waals surface area contributed by atoms with Crippen molar-refractivity contribution in [2.45, 2.75) is 44.1 Å². The summed E-state index contributed by atoms with van der Waals surface area (Å²) >= 11 is 0. The Morgan fingerprint density at radius 1 is 1.03 bits per heavy atom. The van der Waals surface area contributed by atoms with Crippen molar-refractivity contribution >= 4 is 11.8 Å². The van der Waals surface area contributed by atoms with Crippen molar-refractivity contribution in [2.24, 2.45) is 0 Å². The predicted octanol–water partition coefficient (Wildman–Crippen LogP) is 4.08. The molecule has 2 fully saturated rings. The van der Waals surface area contributed by atoms with Crippen LogP contribution in [0.25, 0.3) is 0 Å². The highest BCUT2D eigenvalue weighted by Crippen LogP contribution is 2.44. The minimum absolute atomic E-state index is 0.0166. The topological polar surface area (TPSA) is 49.9 Å². The molecule has 1 atom stereocenters. The van der Waals surface area contributed by atoms with E-state index in [4.69, 9.17) is 4.74 Å². The Kier molecular flexibility index (Phi) is 5.99. The van der Waals surface area contributed by atoms with E-state index in [1.54, 1.807) is 26.2 Å². The molecule has 1 aliphatic carbocycles. The maximum atomic E-state index is 13.9. The summed E-state index contributed by atoms with van der Waals surface area (Å²) in [6.07, 6.45) is 3.49. The van der Waals surface area contributed by atoms with Gasteiger partial charge in [0.1, 0.15) is 11.6 Å². The summed E-state index contributed by atoms with van der Waals surface area (Å²) < 4.78 is 19.1. The van der Waals surface area contributed by atoms with Crippen LogP contribution in [0.1, 0.15) is 49.8 Å². The van der Waals surface area contributed by atoms with Crippen LogP contribution in [-0.4, -0.2) is 48.4 Å². The van der Waals surface area contributed by atoms with Crippen LogP contribution in [0.5, 0.6) is 5.75 Å². The van der Waals surface area contributed by atoms with E-state index in [-0.39, 0.29) is 23.7 Å². The second-order valence-corrected chi connectivity index (χ2v) is 8.52. The highest BCUT2D eigenvalue weighted by atomic mass is 19.1. The second-order valence-electron chi connectivity index (χ2n) is 8.52. The molecule has 1 saturated heterocycles. The van der Waals surface area contributed by atoms with Crippen LogP contribution in [0.4, 0.5) is 4.39 Å². The summed E-state index contributed by atoms with van der Waals surface area (Å²) in [7, 11) is 1.62. The fourth-order valence-electron chi connectivity index (χ4n) is 5.23. The summed E-state index contributed by atoms with van der Waals surface area (Å²) in [5.74, 6) is 0.481. The highest BCUT2D eigenvalue weighted by Gasteiger charge is 2.46. The molecule has 2 aromatic rings. The Balaban J connectivity index is 1.67. The van der Waals surface area contributed by atoms with Gasteiger partial charge in [0.15, 0.2) is 0 Å². The third-order valence-corrected chi connectivity index (χ3v) is 6.83. The lowest BCUT2D eigenvalue weighted by Crippen LogP contribution is -2.56. The third kappa shape index (κ3) is 3.91. The number of hydrogen-bond donors (Lipinski definition) is 0. The fourth-order valence-corrected chi connectivity index (χ4v) is 5.23. The Hall–Kier alpha value is -2.89. The molecule has 31 heavy (non-hydrogen) atoms. The predicted molar refractivity (Wildman–Crippen MR) is 116 cm³/mol. The molecule has 2 aliphatic rings. The standard InChI is InChI=1S/C25H29FN2O3/c1-18(29)28-16-15-27(17-22(28)21-7-3-4-8-23(21)31-2)24(30)25(13-5-6-14-25)19-9-11-20(26)12-10-19/h3-4,7-12,22H,5-6,13-17H2,1-2H3. The van der Waals surface area contributed by atoms with Crippen molar-refractivity contribution in [3.63, 3.8) is 0 Å². The van der Waals surface area contributed by atoms with Gasteiger partial charge in [-0.3, -0.25) is 9.59 Å². The van der Waals surface area contributed by atoms with E-state index in [2.05, 4.69) is 0 Å². The van der Waals surface area contributed by atoms with Gasteiger partial charge in [-0.1, -0.05) is 43.2 Å². The number of para-hydroxylation sites is 1. The quantitative estimate of drug-likeness (QED) is 0.743. The first-order chi connectivity index (χ1) is 15.0. The summed E-state index contributed by atoms with van der Waals surface area (Å²) in [5.41, 5.74) is 1.18. The molecule has 0 N–H and O–H groups in total. The number of hydrogen-bond acceptors (Lipinski definition) is 3. The van der Waals surface area contributed by atoms with E-state index in [1.165, 1.54) is 12.1 Å². The van der Waals surface area contributed by atoms with Crippen LogP contribution in [-0.2, 0) is 15.0 Å². The number of piperazine rings is 1. The van der Waals surface area contributed by atoms with Crippen molar-refractivity contribution < 1.29 is 18.7 Å². The molecule has 4 rings (SSSR count). The van der Waals surface area contributed by atoms with Crippen molar-refractivity contribution in [1.29, 1.82) is 0 Å². The molecule has 2 amide bonds. The maximum Gasteiger partial charge on any atom is 0.233 e. The molecule has 1 heterocycles. The molecule has 0 spiro atoms. The van der Waals surface area contributed by atoms with Crippen molar-refractivity contribution in [1.82, 2.24) is 9.80 Å². The lowest BCUT2D eigenvalue weighted by atomic mass is 9.77. The first-order valence-corrected chi connectivity index (χ1v) is 10.9. The fraction of sp³-hybridized carbons (Fsp3) is 0.440. The van der Waals surface area contributed by atoms with E-state index < -0.39 is 5.41 Å². The number of methoxy groups -OCH3 is 1. The molecule has 5 nitrogen and oxygen atoms in total. The van der Waals surface area contributed by atoms with Crippen LogP contribution in [0.3, 0.4) is 0 Å². The van der Waals surface area contributed by atoms with Crippen LogP contribution < -0.4 is 4.74 Å². The molecule has 0 bridgehead atoms. The smallest absolute Gasteiger partial charge is 0.233 e. The number of benzene rings is 2. The van der Waals surface area contributed by atoms with E-state index >= 15 is 0 Å². The third-order valence-electron chi connectivity index (χ3n) is 6.83. The molecule has 1 unspecified atom stereocenters. The number of halogens is 1. The summed E-state index contributed by atoms with van der Waals surface area (Å²) in [5, 5.41) is 0. The van der Waals surface area contributed by atoms with Gasteiger partial charge >= 0.3 is 0 Å². The first-order valence-electron chi connectivity index (χ1n) is 10.9. The zero-order chi connectivity index (χ0) is 22.0. The van der Waals surface area contributed by atoms with E-state index in [9.17, 15) is 14.0 Å². The van der Waals surface area contributed by atoms with Gasteiger partial charge in [0, 0.05) is 32.1 Å². The Labute approximate surface area is 182 Å². The lowest BCUT2D eigenvalue weighted by Gasteiger charge is -2.44. The van der Waals surface area contributed by atoms with Crippen LogP contribution in [0, 0.1) is 5.82 Å². The van der Waals surface area contributed by atoms with Crippen molar-refractivity contribution in [2.75, 3.05) is 26.7 Å². The molecule has 6 heteroatoms. The van der Waals surface area contributed by atoms with Crippen molar-refractivity contribution in [3.8, 4) is 5.75 Å². The van der Waals surface area contributed by atoms with Gasteiger partial charge < -0.3 is 14.5 Å². The normalized spacial score (nSPS) is 20.5. The summed E-state index contributed by atoms with van der Waals surface area (Å²) in [4.78, 5) is 30.0. The van der Waals surface area contributed by atoms with Crippen LogP contribution in [0.2, 0.25) is 0 Å². The molecule has 2 aromatic carbocycles. The van der Waals surface area contributed by atoms with E-state index in [0.29, 0.717) is 25.4 Å². The van der Waals surface area contributed by atoms with Gasteiger partial charge in [0.25, 0.3) is 0 Å². The molecule has 0 radical (unpaired) electrons. The van der Waals surface area contributed by atoms with Gasteiger partial charge in [0.05, 0.1) is 18.6 Å². The van der Waals surface area contributed by atoms with Gasteiger partial charge in [-0.05, 0) is 36.6 Å². The first kappa shape index (κ1) is 21.3. The minimum Gasteiger partial charge on any atom is -0.496 e. The van der Waals surface area contributed by atoms with Gasteiger partial charge in [0.2, 0.25) is 11.8 Å². The molecule has 0 aromatic heterocycles. The van der Waals surface area contributed by atoms with Gasteiger partial charge in [-0.15, -0.1) is 0 Å². The van der Waals surface area contributed by atoms with Gasteiger partial charge in [-0.25, -0.2) is 4.39 Å². The summed E-state index contributed by atoms with van der Waals surface area (Å²) in [6, 6.07) is 13.8. The maximum absolute atomic E-state index is 13.9. The molecule has 1 aliphatic heterocycles. The van der Waals surface area contributed by atoms with E-state index in [1.807, 2.05) is 34.1 Å². The highest BCUT2D eigenvalue weighted by molar-refractivity contribution is 5.89. The average molecular weight is 425 g/mol. The largest absolute Gasteiger partial charge is 0.496 e. The number of amides is 2. The number of ether oxygens (including phenoxy) is 1. The number of rotatable bonds is 4. The minimum atomic E-state index is -0.614. The second kappa shape index (κ2) is 8.69. The Bertz CT molecular complexity index is 953. The average Bonchev–Trinajstić information content (AvgIpc) is 3.29. The summed E-state index contributed by atoms with van der Waals surface area (Å²) in [6.45, 7) is 2.95. The molecule has 1 saturated carbocycles. The monoisotopic (exact) mass is 424 g/mol. The number of nitrogens with zero attached hydrogens (tertiary/aromatic N) is 2. The van der Waals surface area contributed by atoms with Crippen molar-refractivity contribution in [3.05, 3.63) is 65.5 Å². The lowest BCUT2D eigenvalue weighted by molar-refractivity contribution is -0.145. The van der Waals surface area contributed by atoms with Crippen LogP contribution >= 0.6 is 0 Å². The SMILES string of the molecule is COc1ccccc1C1CN(C(=O)C2(c3ccc(F)cc3)CCCC2)CCN1C(C)=O.